The minimum absolute atomic E-state index is 0. The lowest BCUT2D eigenvalue weighted by molar-refractivity contribution is -0.384. The van der Waals surface area contributed by atoms with Gasteiger partial charge in [0.15, 0.2) is 0 Å². The second-order valence-electron chi connectivity index (χ2n) is 7.81. The van der Waals surface area contributed by atoms with Crippen molar-refractivity contribution in [3.63, 3.8) is 0 Å². The van der Waals surface area contributed by atoms with Crippen LogP contribution >= 0.6 is 0 Å². The smallest absolute Gasteiger partial charge is 0.270 e. The molecule has 1 aliphatic rings. The Labute approximate surface area is 168 Å². The SMILES string of the molecule is C.CC1(C)Cc2ccc(C#N)cc2[C@@H]1NC(=O)c1cc2cc([N+](=O)[O-])ccc2[nH]1. The Morgan fingerprint density at radius 1 is 1.28 bits per heavy atom. The first-order chi connectivity index (χ1) is 13.3. The Hall–Kier alpha value is -3.66. The van der Waals surface area contributed by atoms with Gasteiger partial charge in [-0.15, -0.1) is 0 Å². The van der Waals surface area contributed by atoms with E-state index in [9.17, 15) is 20.2 Å². The maximum Gasteiger partial charge on any atom is 0.270 e. The highest BCUT2D eigenvalue weighted by Gasteiger charge is 2.40. The summed E-state index contributed by atoms with van der Waals surface area (Å²) < 4.78 is 0. The fourth-order valence-electron chi connectivity index (χ4n) is 3.95. The van der Waals surface area contributed by atoms with Gasteiger partial charge in [-0.05, 0) is 47.2 Å². The highest BCUT2D eigenvalue weighted by molar-refractivity contribution is 5.98. The molecule has 1 heterocycles. The monoisotopic (exact) mass is 390 g/mol. The Balaban J connectivity index is 0.00000240. The summed E-state index contributed by atoms with van der Waals surface area (Å²) in [7, 11) is 0. The molecule has 0 bridgehead atoms. The number of benzene rings is 2. The van der Waals surface area contributed by atoms with Gasteiger partial charge in [-0.1, -0.05) is 27.3 Å². The second kappa shape index (κ2) is 7.06. The van der Waals surface area contributed by atoms with Crippen LogP contribution in [0.1, 0.15) is 54.5 Å². The molecule has 0 radical (unpaired) electrons. The van der Waals surface area contributed by atoms with Gasteiger partial charge in [0.05, 0.1) is 22.6 Å². The van der Waals surface area contributed by atoms with Gasteiger partial charge in [-0.3, -0.25) is 14.9 Å². The first kappa shape index (κ1) is 20.1. The molecule has 0 spiro atoms. The van der Waals surface area contributed by atoms with Gasteiger partial charge in [0.2, 0.25) is 0 Å². The molecular formula is C22H22N4O3. The fraction of sp³-hybridized carbons (Fsp3) is 0.273. The summed E-state index contributed by atoms with van der Waals surface area (Å²) in [5, 5.41) is 23.8. The van der Waals surface area contributed by atoms with E-state index in [1.165, 1.54) is 12.1 Å². The second-order valence-corrected chi connectivity index (χ2v) is 7.81. The topological polar surface area (TPSA) is 112 Å². The number of nitriles is 1. The van der Waals surface area contributed by atoms with Crippen molar-refractivity contribution < 1.29 is 9.72 Å². The highest BCUT2D eigenvalue weighted by atomic mass is 16.6. The lowest BCUT2D eigenvalue weighted by Crippen LogP contribution is -2.35. The summed E-state index contributed by atoms with van der Waals surface area (Å²) in [6, 6.07) is 13.6. The van der Waals surface area contributed by atoms with Crippen LogP contribution in [0.15, 0.2) is 42.5 Å². The molecular weight excluding hydrogens is 368 g/mol. The third-order valence-electron chi connectivity index (χ3n) is 5.35. The Morgan fingerprint density at radius 3 is 2.72 bits per heavy atom. The maximum absolute atomic E-state index is 12.9. The molecule has 1 aromatic heterocycles. The van der Waals surface area contributed by atoms with Crippen LogP contribution in [0, 0.1) is 26.9 Å². The largest absolute Gasteiger partial charge is 0.351 e. The molecule has 4 rings (SSSR count). The van der Waals surface area contributed by atoms with Crippen molar-refractivity contribution >= 4 is 22.5 Å². The molecule has 0 fully saturated rings. The van der Waals surface area contributed by atoms with Crippen LogP contribution < -0.4 is 5.32 Å². The summed E-state index contributed by atoms with van der Waals surface area (Å²) >= 11 is 0. The number of nitro groups is 1. The maximum atomic E-state index is 12.9. The quantitative estimate of drug-likeness (QED) is 0.501. The number of nitrogens with zero attached hydrogens (tertiary/aromatic N) is 2. The van der Waals surface area contributed by atoms with Gasteiger partial charge in [0.1, 0.15) is 5.69 Å². The zero-order chi connectivity index (χ0) is 20.1. The number of nitro benzene ring substituents is 1. The summed E-state index contributed by atoms with van der Waals surface area (Å²) in [6.07, 6.45) is 0.803. The molecule has 2 N–H and O–H groups in total. The van der Waals surface area contributed by atoms with Crippen molar-refractivity contribution in [1.82, 2.24) is 10.3 Å². The van der Waals surface area contributed by atoms with E-state index in [4.69, 9.17) is 0 Å². The molecule has 0 aliphatic heterocycles. The van der Waals surface area contributed by atoms with Crippen molar-refractivity contribution in [3.8, 4) is 6.07 Å². The Bertz CT molecular complexity index is 1170. The Morgan fingerprint density at radius 2 is 2.03 bits per heavy atom. The van der Waals surface area contributed by atoms with Crippen molar-refractivity contribution in [1.29, 1.82) is 5.26 Å². The number of amides is 1. The minimum Gasteiger partial charge on any atom is -0.351 e. The van der Waals surface area contributed by atoms with E-state index in [1.54, 1.807) is 18.2 Å². The number of fused-ring (bicyclic) bond motifs is 2. The first-order valence-electron chi connectivity index (χ1n) is 8.89. The number of carbonyl (C=O) groups excluding carboxylic acids is 1. The molecule has 7 heteroatoms. The van der Waals surface area contributed by atoms with Gasteiger partial charge in [0, 0.05) is 23.0 Å². The van der Waals surface area contributed by atoms with E-state index in [1.807, 2.05) is 12.1 Å². The van der Waals surface area contributed by atoms with E-state index >= 15 is 0 Å². The van der Waals surface area contributed by atoms with Crippen molar-refractivity contribution in [2.45, 2.75) is 33.7 Å². The van der Waals surface area contributed by atoms with Crippen LogP contribution in [-0.2, 0) is 6.42 Å². The summed E-state index contributed by atoms with van der Waals surface area (Å²) in [6.45, 7) is 4.16. The van der Waals surface area contributed by atoms with Crippen LogP contribution in [0.2, 0.25) is 0 Å². The standard InChI is InChI=1S/C21H18N4O3.CH4/c1-21(2)10-13-4-3-12(11-22)7-16(13)19(21)24-20(26)18-9-14-8-15(25(27)28)5-6-17(14)23-18;/h3-9,19,23H,10H2,1-2H3,(H,24,26);1H4/t19-;/m0./s1. The number of non-ortho nitro benzene ring substituents is 1. The molecule has 1 atom stereocenters. The van der Waals surface area contributed by atoms with Gasteiger partial charge in [-0.2, -0.15) is 5.26 Å². The lowest BCUT2D eigenvalue weighted by atomic mass is 9.85. The normalized spacial score (nSPS) is 16.5. The zero-order valence-electron chi connectivity index (χ0n) is 15.4. The van der Waals surface area contributed by atoms with Crippen LogP contribution in [-0.4, -0.2) is 15.8 Å². The van der Waals surface area contributed by atoms with Crippen LogP contribution in [0.25, 0.3) is 10.9 Å². The molecule has 0 saturated carbocycles. The number of carbonyl (C=O) groups is 1. The summed E-state index contributed by atoms with van der Waals surface area (Å²) in [4.78, 5) is 26.4. The Kier molecular flexibility index (Phi) is 4.89. The van der Waals surface area contributed by atoms with Gasteiger partial charge in [-0.25, -0.2) is 0 Å². The van der Waals surface area contributed by atoms with Crippen molar-refractivity contribution in [3.05, 3.63) is 75.0 Å². The molecule has 1 amide bonds. The van der Waals surface area contributed by atoms with E-state index in [0.717, 1.165) is 17.5 Å². The number of aromatic amines is 1. The fourth-order valence-corrected chi connectivity index (χ4v) is 3.95. The van der Waals surface area contributed by atoms with E-state index in [0.29, 0.717) is 22.2 Å². The third-order valence-corrected chi connectivity index (χ3v) is 5.35. The average Bonchev–Trinajstić information content (AvgIpc) is 3.19. The van der Waals surface area contributed by atoms with E-state index in [2.05, 4.69) is 30.2 Å². The van der Waals surface area contributed by atoms with E-state index < -0.39 is 4.92 Å². The van der Waals surface area contributed by atoms with Gasteiger partial charge in [0.25, 0.3) is 11.6 Å². The molecule has 0 unspecified atom stereocenters. The molecule has 1 aliphatic carbocycles. The molecule has 7 nitrogen and oxygen atoms in total. The molecule has 3 aromatic rings. The molecule has 29 heavy (non-hydrogen) atoms. The highest BCUT2D eigenvalue weighted by Crippen LogP contribution is 2.45. The number of hydrogen-bond acceptors (Lipinski definition) is 4. The van der Waals surface area contributed by atoms with Crippen molar-refractivity contribution in [2.75, 3.05) is 0 Å². The zero-order valence-corrected chi connectivity index (χ0v) is 15.4. The number of nitrogens with one attached hydrogen (secondary N) is 2. The van der Waals surface area contributed by atoms with Crippen LogP contribution in [0.3, 0.4) is 0 Å². The van der Waals surface area contributed by atoms with Gasteiger partial charge < -0.3 is 10.3 Å². The summed E-state index contributed by atoms with van der Waals surface area (Å²) in [5.41, 5.74) is 3.44. The van der Waals surface area contributed by atoms with Gasteiger partial charge >= 0.3 is 0 Å². The predicted molar refractivity (Wildman–Crippen MR) is 111 cm³/mol. The van der Waals surface area contributed by atoms with Crippen LogP contribution in [0.4, 0.5) is 5.69 Å². The predicted octanol–water partition coefficient (Wildman–Crippen LogP) is 4.64. The minimum atomic E-state index is -0.461. The number of rotatable bonds is 3. The molecule has 2 aromatic carbocycles. The lowest BCUT2D eigenvalue weighted by Gasteiger charge is -2.28. The van der Waals surface area contributed by atoms with Crippen molar-refractivity contribution in [2.24, 2.45) is 5.41 Å². The summed E-state index contributed by atoms with van der Waals surface area (Å²) in [5.74, 6) is -0.285. The molecule has 0 saturated heterocycles. The average molecular weight is 390 g/mol. The first-order valence-corrected chi connectivity index (χ1v) is 8.89. The van der Waals surface area contributed by atoms with E-state index in [-0.39, 0.29) is 30.5 Å². The third kappa shape index (κ3) is 3.45. The molecule has 148 valence electrons. The number of aromatic nitrogens is 1. The number of H-pyrrole nitrogens is 1. The van der Waals surface area contributed by atoms with Crippen LogP contribution in [0.5, 0.6) is 0 Å². The number of hydrogen-bond donors (Lipinski definition) is 2.